The van der Waals surface area contributed by atoms with Crippen LogP contribution in [0.2, 0.25) is 0 Å². The number of carbonyl (C=O) groups excluding carboxylic acids is 1. The van der Waals surface area contributed by atoms with E-state index < -0.39 is 0 Å². The summed E-state index contributed by atoms with van der Waals surface area (Å²) in [6.45, 7) is 3.35. The quantitative estimate of drug-likeness (QED) is 0.901. The summed E-state index contributed by atoms with van der Waals surface area (Å²) in [7, 11) is 0. The average Bonchev–Trinajstić information content (AvgIpc) is 3.02. The smallest absolute Gasteiger partial charge is 0.271 e. The van der Waals surface area contributed by atoms with Crippen molar-refractivity contribution in [3.05, 3.63) is 34.8 Å². The minimum absolute atomic E-state index is 0.0748. The Kier molecular flexibility index (Phi) is 3.23. The third-order valence-electron chi connectivity index (χ3n) is 4.53. The second-order valence-electron chi connectivity index (χ2n) is 6.05. The molecule has 21 heavy (non-hydrogen) atoms. The van der Waals surface area contributed by atoms with Gasteiger partial charge in [0.2, 0.25) is 0 Å². The fraction of sp³-hybridized carbons (Fsp3) is 0.467. The minimum Gasteiger partial charge on any atom is -0.347 e. The van der Waals surface area contributed by atoms with E-state index in [0.29, 0.717) is 5.69 Å². The van der Waals surface area contributed by atoms with E-state index in [1.807, 2.05) is 16.7 Å². The molecule has 2 aliphatic rings. The van der Waals surface area contributed by atoms with Crippen LogP contribution in [-0.2, 0) is 0 Å². The molecular weight excluding hydrogens is 332 g/mol. The van der Waals surface area contributed by atoms with Crippen LogP contribution in [0.5, 0.6) is 0 Å². The van der Waals surface area contributed by atoms with Crippen molar-refractivity contribution in [2.45, 2.75) is 18.9 Å². The highest BCUT2D eigenvalue weighted by atomic mass is 79.9. The van der Waals surface area contributed by atoms with Crippen LogP contribution < -0.4 is 5.32 Å². The number of nitrogens with zero attached hydrogens (tertiary/aromatic N) is 3. The van der Waals surface area contributed by atoms with Gasteiger partial charge in [0.15, 0.2) is 0 Å². The first-order valence-corrected chi connectivity index (χ1v) is 8.14. The lowest BCUT2D eigenvalue weighted by molar-refractivity contribution is 0.0904. The highest BCUT2D eigenvalue weighted by molar-refractivity contribution is 9.10. The second kappa shape index (κ2) is 5.10. The molecule has 0 aromatic carbocycles. The van der Waals surface area contributed by atoms with Gasteiger partial charge in [-0.15, -0.1) is 0 Å². The van der Waals surface area contributed by atoms with Crippen LogP contribution in [0.4, 0.5) is 0 Å². The van der Waals surface area contributed by atoms with Crippen molar-refractivity contribution < 1.29 is 4.79 Å². The maximum absolute atomic E-state index is 12.4. The summed E-state index contributed by atoms with van der Waals surface area (Å²) in [6.07, 6.45) is 7.80. The van der Waals surface area contributed by atoms with Gasteiger partial charge in [0.1, 0.15) is 5.69 Å². The normalized spacial score (nSPS) is 28.0. The van der Waals surface area contributed by atoms with Crippen LogP contribution >= 0.6 is 15.9 Å². The van der Waals surface area contributed by atoms with Crippen molar-refractivity contribution in [3.8, 4) is 0 Å². The third kappa shape index (κ3) is 2.46. The molecule has 0 saturated carbocycles. The molecule has 1 N–H and O–H groups in total. The molecule has 1 amide bonds. The topological polar surface area (TPSA) is 49.6 Å². The predicted octanol–water partition coefficient (Wildman–Crippen LogP) is 1.92. The van der Waals surface area contributed by atoms with E-state index in [9.17, 15) is 4.79 Å². The Hall–Kier alpha value is -1.40. The van der Waals surface area contributed by atoms with Crippen LogP contribution in [0.25, 0.3) is 5.52 Å². The number of piperidine rings is 1. The summed E-state index contributed by atoms with van der Waals surface area (Å²) < 4.78 is 2.90. The second-order valence-corrected chi connectivity index (χ2v) is 6.90. The van der Waals surface area contributed by atoms with Crippen molar-refractivity contribution in [1.82, 2.24) is 19.6 Å². The first kappa shape index (κ1) is 13.3. The summed E-state index contributed by atoms with van der Waals surface area (Å²) in [5.74, 6) is 0.675. The number of aromatic nitrogens is 2. The van der Waals surface area contributed by atoms with Gasteiger partial charge >= 0.3 is 0 Å². The van der Waals surface area contributed by atoms with E-state index in [2.05, 4.69) is 31.1 Å². The van der Waals surface area contributed by atoms with Gasteiger partial charge in [-0.2, -0.15) is 0 Å². The van der Waals surface area contributed by atoms with Crippen LogP contribution in [0, 0.1) is 5.92 Å². The molecule has 4 rings (SSSR count). The van der Waals surface area contributed by atoms with Crippen LogP contribution in [0.1, 0.15) is 23.3 Å². The number of hydrogen-bond donors (Lipinski definition) is 1. The van der Waals surface area contributed by atoms with Gasteiger partial charge in [0.25, 0.3) is 5.91 Å². The van der Waals surface area contributed by atoms with E-state index in [4.69, 9.17) is 0 Å². The summed E-state index contributed by atoms with van der Waals surface area (Å²) in [5, 5.41) is 3.14. The van der Waals surface area contributed by atoms with Gasteiger partial charge in [0.05, 0.1) is 11.7 Å². The summed E-state index contributed by atoms with van der Waals surface area (Å²) in [4.78, 5) is 19.1. The fourth-order valence-electron chi connectivity index (χ4n) is 3.51. The van der Waals surface area contributed by atoms with E-state index in [-0.39, 0.29) is 11.9 Å². The zero-order valence-electron chi connectivity index (χ0n) is 11.6. The zero-order chi connectivity index (χ0) is 14.4. The van der Waals surface area contributed by atoms with Crippen molar-refractivity contribution >= 4 is 27.4 Å². The lowest BCUT2D eigenvalue weighted by atomic mass is 9.97. The van der Waals surface area contributed by atoms with Crippen molar-refractivity contribution in [1.29, 1.82) is 0 Å². The molecular formula is C15H17BrN4O. The lowest BCUT2D eigenvalue weighted by Crippen LogP contribution is -2.47. The molecule has 2 aliphatic heterocycles. The number of nitrogens with one attached hydrogen (secondary N) is 1. The summed E-state index contributed by atoms with van der Waals surface area (Å²) in [5.41, 5.74) is 1.44. The lowest BCUT2D eigenvalue weighted by Gasteiger charge is -2.30. The molecule has 0 radical (unpaired) electrons. The molecule has 6 heteroatoms. The Balaban J connectivity index is 1.50. The molecule has 3 atom stereocenters. The molecule has 2 fully saturated rings. The Labute approximate surface area is 131 Å². The van der Waals surface area contributed by atoms with Crippen molar-refractivity contribution in [2.24, 2.45) is 5.92 Å². The number of carbonyl (C=O) groups is 1. The average molecular weight is 349 g/mol. The van der Waals surface area contributed by atoms with Gasteiger partial charge in [-0.3, -0.25) is 4.79 Å². The van der Waals surface area contributed by atoms with Crippen LogP contribution in [0.15, 0.2) is 29.1 Å². The number of hydrogen-bond acceptors (Lipinski definition) is 3. The van der Waals surface area contributed by atoms with Crippen LogP contribution in [0.3, 0.4) is 0 Å². The molecule has 2 aromatic heterocycles. The third-order valence-corrected chi connectivity index (χ3v) is 5.20. The first-order valence-electron chi connectivity index (χ1n) is 7.34. The number of fused-ring (bicyclic) bond motifs is 3. The predicted molar refractivity (Wildman–Crippen MR) is 83.3 cm³/mol. The van der Waals surface area contributed by atoms with Gasteiger partial charge in [0, 0.05) is 36.0 Å². The first-order chi connectivity index (χ1) is 10.2. The molecule has 4 heterocycles. The monoisotopic (exact) mass is 348 g/mol. The van der Waals surface area contributed by atoms with Gasteiger partial charge in [-0.1, -0.05) is 0 Å². The molecule has 0 spiro atoms. The Bertz CT molecular complexity index is 686. The largest absolute Gasteiger partial charge is 0.347 e. The summed E-state index contributed by atoms with van der Waals surface area (Å²) >= 11 is 3.46. The van der Waals surface area contributed by atoms with E-state index >= 15 is 0 Å². The van der Waals surface area contributed by atoms with Crippen molar-refractivity contribution in [2.75, 3.05) is 19.6 Å². The molecule has 0 aliphatic carbocycles. The Morgan fingerprint density at radius 2 is 2.33 bits per heavy atom. The van der Waals surface area contributed by atoms with Crippen molar-refractivity contribution in [3.63, 3.8) is 0 Å². The Morgan fingerprint density at radius 3 is 3.19 bits per heavy atom. The molecule has 5 nitrogen and oxygen atoms in total. The van der Waals surface area contributed by atoms with Gasteiger partial charge < -0.3 is 14.6 Å². The highest BCUT2D eigenvalue weighted by Gasteiger charge is 2.33. The minimum atomic E-state index is -0.0748. The number of halogens is 1. The fourth-order valence-corrected chi connectivity index (χ4v) is 3.94. The SMILES string of the molecule is O=C(N[C@@H]1C[C@H]2CCN(C2)C1)c1cn2ccc(Br)c2cn1. The van der Waals surface area contributed by atoms with Gasteiger partial charge in [-0.05, 0) is 47.3 Å². The highest BCUT2D eigenvalue weighted by Crippen LogP contribution is 2.26. The van der Waals surface area contributed by atoms with E-state index in [1.54, 1.807) is 12.4 Å². The maximum Gasteiger partial charge on any atom is 0.271 e. The van der Waals surface area contributed by atoms with E-state index in [1.165, 1.54) is 19.5 Å². The summed E-state index contributed by atoms with van der Waals surface area (Å²) in [6, 6.07) is 2.21. The molecule has 2 saturated heterocycles. The molecule has 110 valence electrons. The molecule has 2 aromatic rings. The van der Waals surface area contributed by atoms with Crippen LogP contribution in [-0.4, -0.2) is 45.9 Å². The number of rotatable bonds is 2. The molecule has 2 bridgehead atoms. The van der Waals surface area contributed by atoms with E-state index in [0.717, 1.165) is 28.9 Å². The zero-order valence-corrected chi connectivity index (χ0v) is 13.2. The standard InChI is InChI=1S/C15H17BrN4O/c16-12-2-4-20-9-13(17-6-14(12)20)15(21)18-11-5-10-1-3-19(7-10)8-11/h2,4,6,9-11H,1,3,5,7-8H2,(H,18,21)/t10-,11-/m1/s1. The maximum atomic E-state index is 12.4. The Morgan fingerprint density at radius 1 is 1.43 bits per heavy atom. The molecule has 1 unspecified atom stereocenters. The number of amides is 1. The van der Waals surface area contributed by atoms with Gasteiger partial charge in [-0.25, -0.2) is 4.98 Å².